The van der Waals surface area contributed by atoms with Crippen molar-refractivity contribution in [3.05, 3.63) is 0 Å². The number of carboxylic acids is 1. The van der Waals surface area contributed by atoms with E-state index >= 15 is 0 Å². The van der Waals surface area contributed by atoms with E-state index in [1.165, 1.54) is 0 Å². The standard InChI is InChI=1S/C12H21NO4/c1-2-13(7-6-12(15)16)11(14)9-10-5-3-4-8-17-10/h10H,2-9H2,1H3,(H,15,16)/t10-/m0/s1. The molecule has 5 nitrogen and oxygen atoms in total. The highest BCUT2D eigenvalue weighted by Gasteiger charge is 2.21. The second-order valence-corrected chi connectivity index (χ2v) is 4.31. The van der Waals surface area contributed by atoms with Crippen LogP contribution in [0.25, 0.3) is 0 Å². The van der Waals surface area contributed by atoms with Crippen molar-refractivity contribution in [3.63, 3.8) is 0 Å². The van der Waals surface area contributed by atoms with Gasteiger partial charge in [-0.15, -0.1) is 0 Å². The summed E-state index contributed by atoms with van der Waals surface area (Å²) in [6, 6.07) is 0. The van der Waals surface area contributed by atoms with E-state index in [4.69, 9.17) is 9.84 Å². The second kappa shape index (κ2) is 7.27. The Bertz CT molecular complexity index is 261. The minimum absolute atomic E-state index is 0.000602. The van der Waals surface area contributed by atoms with Crippen molar-refractivity contribution in [2.45, 2.75) is 45.1 Å². The highest BCUT2D eigenvalue weighted by atomic mass is 16.5. The Morgan fingerprint density at radius 1 is 1.41 bits per heavy atom. The molecular formula is C12H21NO4. The molecule has 0 aromatic rings. The highest BCUT2D eigenvalue weighted by molar-refractivity contribution is 5.77. The summed E-state index contributed by atoms with van der Waals surface area (Å²) in [6.45, 7) is 3.44. The maximum absolute atomic E-state index is 11.9. The summed E-state index contributed by atoms with van der Waals surface area (Å²) >= 11 is 0. The Balaban J connectivity index is 2.34. The quantitative estimate of drug-likeness (QED) is 0.763. The van der Waals surface area contributed by atoms with Crippen LogP contribution in [0, 0.1) is 0 Å². The molecule has 0 unspecified atom stereocenters. The first kappa shape index (κ1) is 14.0. The van der Waals surface area contributed by atoms with E-state index in [1.807, 2.05) is 6.92 Å². The molecular weight excluding hydrogens is 222 g/mol. The van der Waals surface area contributed by atoms with Crippen LogP contribution in [-0.4, -0.2) is 47.7 Å². The minimum Gasteiger partial charge on any atom is -0.481 e. The number of aliphatic carboxylic acids is 1. The van der Waals surface area contributed by atoms with Gasteiger partial charge in [-0.3, -0.25) is 9.59 Å². The Morgan fingerprint density at radius 3 is 2.71 bits per heavy atom. The van der Waals surface area contributed by atoms with Crippen molar-refractivity contribution in [2.24, 2.45) is 0 Å². The van der Waals surface area contributed by atoms with Crippen LogP contribution >= 0.6 is 0 Å². The molecule has 0 spiro atoms. The number of carbonyl (C=O) groups excluding carboxylic acids is 1. The Kier molecular flexibility index (Phi) is 5.97. The van der Waals surface area contributed by atoms with Gasteiger partial charge >= 0.3 is 5.97 Å². The monoisotopic (exact) mass is 243 g/mol. The van der Waals surface area contributed by atoms with Crippen molar-refractivity contribution in [1.29, 1.82) is 0 Å². The predicted octanol–water partition coefficient (Wildman–Crippen LogP) is 1.27. The molecule has 17 heavy (non-hydrogen) atoms. The average Bonchev–Trinajstić information content (AvgIpc) is 2.30. The minimum atomic E-state index is -0.870. The van der Waals surface area contributed by atoms with Crippen molar-refractivity contribution in [1.82, 2.24) is 4.90 Å². The molecule has 1 fully saturated rings. The van der Waals surface area contributed by atoms with E-state index in [2.05, 4.69) is 0 Å². The third kappa shape index (κ3) is 5.17. The zero-order valence-corrected chi connectivity index (χ0v) is 10.4. The normalized spacial score (nSPS) is 19.9. The fraction of sp³-hybridized carbons (Fsp3) is 0.833. The first-order chi connectivity index (χ1) is 8.13. The second-order valence-electron chi connectivity index (χ2n) is 4.31. The molecule has 0 bridgehead atoms. The molecule has 0 aromatic carbocycles. The molecule has 1 N–H and O–H groups in total. The maximum Gasteiger partial charge on any atom is 0.305 e. The summed E-state index contributed by atoms with van der Waals surface area (Å²) in [5, 5.41) is 8.60. The lowest BCUT2D eigenvalue weighted by Gasteiger charge is -2.26. The molecule has 1 aliphatic heterocycles. The number of nitrogens with zero attached hydrogens (tertiary/aromatic N) is 1. The number of ether oxygens (including phenoxy) is 1. The number of hydrogen-bond donors (Lipinski definition) is 1. The molecule has 1 rings (SSSR count). The summed E-state index contributed by atoms with van der Waals surface area (Å²) in [7, 11) is 0. The molecule has 0 radical (unpaired) electrons. The van der Waals surface area contributed by atoms with E-state index in [0.717, 1.165) is 25.9 Å². The predicted molar refractivity (Wildman–Crippen MR) is 62.7 cm³/mol. The number of hydrogen-bond acceptors (Lipinski definition) is 3. The number of rotatable bonds is 6. The van der Waals surface area contributed by atoms with E-state index < -0.39 is 5.97 Å². The van der Waals surface area contributed by atoms with Gasteiger partial charge in [0.05, 0.1) is 18.9 Å². The highest BCUT2D eigenvalue weighted by Crippen LogP contribution is 2.16. The van der Waals surface area contributed by atoms with Gasteiger partial charge in [0, 0.05) is 19.7 Å². The summed E-state index contributed by atoms with van der Waals surface area (Å²) in [5.41, 5.74) is 0. The third-order valence-corrected chi connectivity index (χ3v) is 3.01. The summed E-state index contributed by atoms with van der Waals surface area (Å²) in [4.78, 5) is 24.0. The van der Waals surface area contributed by atoms with Gasteiger partial charge in [-0.1, -0.05) is 0 Å². The smallest absolute Gasteiger partial charge is 0.305 e. The van der Waals surface area contributed by atoms with Gasteiger partial charge in [0.15, 0.2) is 0 Å². The van der Waals surface area contributed by atoms with E-state index in [1.54, 1.807) is 4.90 Å². The van der Waals surface area contributed by atoms with E-state index in [9.17, 15) is 9.59 Å². The summed E-state index contributed by atoms with van der Waals surface area (Å²) in [6.07, 6.45) is 3.52. The molecule has 1 atom stereocenters. The largest absolute Gasteiger partial charge is 0.481 e. The van der Waals surface area contributed by atoms with Gasteiger partial charge in [-0.25, -0.2) is 0 Å². The van der Waals surface area contributed by atoms with Crippen molar-refractivity contribution in [3.8, 4) is 0 Å². The molecule has 1 aliphatic rings. The molecule has 5 heteroatoms. The van der Waals surface area contributed by atoms with Gasteiger partial charge in [0.2, 0.25) is 5.91 Å². The lowest BCUT2D eigenvalue weighted by atomic mass is 10.1. The zero-order valence-electron chi connectivity index (χ0n) is 10.4. The van der Waals surface area contributed by atoms with Crippen LogP contribution in [0.4, 0.5) is 0 Å². The SMILES string of the molecule is CCN(CCC(=O)O)C(=O)C[C@@H]1CCCCO1. The first-order valence-corrected chi connectivity index (χ1v) is 6.24. The van der Waals surface area contributed by atoms with E-state index in [-0.39, 0.29) is 25.0 Å². The van der Waals surface area contributed by atoms with Crippen LogP contribution in [0.15, 0.2) is 0 Å². The Hall–Kier alpha value is -1.10. The molecule has 0 aliphatic carbocycles. The van der Waals surface area contributed by atoms with Crippen molar-refractivity contribution in [2.75, 3.05) is 19.7 Å². The Morgan fingerprint density at radius 2 is 2.18 bits per heavy atom. The topological polar surface area (TPSA) is 66.8 Å². The number of carboxylic acid groups (broad SMARTS) is 1. The van der Waals surface area contributed by atoms with Crippen LogP contribution in [0.3, 0.4) is 0 Å². The van der Waals surface area contributed by atoms with Crippen LogP contribution in [0.1, 0.15) is 39.0 Å². The molecule has 1 amide bonds. The number of amides is 1. The Labute approximate surface area is 102 Å². The van der Waals surface area contributed by atoms with Gasteiger partial charge in [0.1, 0.15) is 0 Å². The van der Waals surface area contributed by atoms with Crippen LogP contribution in [0.2, 0.25) is 0 Å². The fourth-order valence-electron chi connectivity index (χ4n) is 1.98. The van der Waals surface area contributed by atoms with Gasteiger partial charge in [0.25, 0.3) is 0 Å². The van der Waals surface area contributed by atoms with Crippen molar-refractivity contribution < 1.29 is 19.4 Å². The average molecular weight is 243 g/mol. The van der Waals surface area contributed by atoms with Crippen LogP contribution < -0.4 is 0 Å². The lowest BCUT2D eigenvalue weighted by molar-refractivity contribution is -0.139. The first-order valence-electron chi connectivity index (χ1n) is 6.24. The lowest BCUT2D eigenvalue weighted by Crippen LogP contribution is -2.36. The molecule has 1 saturated heterocycles. The molecule has 1 heterocycles. The van der Waals surface area contributed by atoms with Gasteiger partial charge in [-0.2, -0.15) is 0 Å². The molecule has 0 aromatic heterocycles. The maximum atomic E-state index is 11.9. The van der Waals surface area contributed by atoms with Gasteiger partial charge < -0.3 is 14.7 Å². The summed E-state index contributed by atoms with van der Waals surface area (Å²) in [5.74, 6) is -0.870. The van der Waals surface area contributed by atoms with Crippen molar-refractivity contribution >= 4 is 11.9 Å². The van der Waals surface area contributed by atoms with Crippen LogP contribution in [-0.2, 0) is 14.3 Å². The number of carbonyl (C=O) groups is 2. The third-order valence-electron chi connectivity index (χ3n) is 3.01. The zero-order chi connectivity index (χ0) is 12.7. The summed E-state index contributed by atoms with van der Waals surface area (Å²) < 4.78 is 5.51. The molecule has 98 valence electrons. The molecule has 0 saturated carbocycles. The van der Waals surface area contributed by atoms with Gasteiger partial charge in [-0.05, 0) is 26.2 Å². The van der Waals surface area contributed by atoms with Crippen LogP contribution in [0.5, 0.6) is 0 Å². The van der Waals surface area contributed by atoms with E-state index in [0.29, 0.717) is 13.0 Å². The fourth-order valence-corrected chi connectivity index (χ4v) is 1.98.